The van der Waals surface area contributed by atoms with E-state index in [1.165, 1.54) is 0 Å². The smallest absolute Gasteiger partial charge is 0.412 e. The van der Waals surface area contributed by atoms with E-state index < -0.39 is 23.6 Å². The zero-order valence-corrected chi connectivity index (χ0v) is 21.5. The second-order valence-corrected chi connectivity index (χ2v) is 9.67. The Morgan fingerprint density at radius 2 is 1.80 bits per heavy atom. The molecule has 0 radical (unpaired) electrons. The number of carbonyl (C=O) groups is 2. The SMILES string of the molecule is O=C(NCC1=CCCC(C(F)(F)F)=C1)c1ccc2c(c1)OCCN2Cc1ccc(-c2ccccc2C(=O)O)cc1. The maximum absolute atomic E-state index is 13.0. The average molecular weight is 549 g/mol. The van der Waals surface area contributed by atoms with E-state index in [4.69, 9.17) is 4.74 Å². The topological polar surface area (TPSA) is 78.9 Å². The van der Waals surface area contributed by atoms with Crippen molar-refractivity contribution in [2.75, 3.05) is 24.6 Å². The summed E-state index contributed by atoms with van der Waals surface area (Å²) in [4.78, 5) is 26.5. The maximum atomic E-state index is 13.0. The molecule has 0 atom stereocenters. The van der Waals surface area contributed by atoms with E-state index in [2.05, 4.69) is 10.2 Å². The van der Waals surface area contributed by atoms with Crippen LogP contribution in [-0.4, -0.2) is 42.9 Å². The van der Waals surface area contributed by atoms with Gasteiger partial charge in [-0.25, -0.2) is 4.79 Å². The number of fused-ring (bicyclic) bond motifs is 1. The number of carbonyl (C=O) groups excluding carboxylic acids is 1. The minimum atomic E-state index is -4.36. The maximum Gasteiger partial charge on any atom is 0.412 e. The van der Waals surface area contributed by atoms with Crippen molar-refractivity contribution >= 4 is 17.6 Å². The highest BCUT2D eigenvalue weighted by Gasteiger charge is 2.33. The van der Waals surface area contributed by atoms with Crippen molar-refractivity contribution in [2.24, 2.45) is 0 Å². The predicted molar refractivity (Wildman–Crippen MR) is 146 cm³/mol. The molecule has 0 fully saturated rings. The van der Waals surface area contributed by atoms with Crippen molar-refractivity contribution in [3.05, 3.63) is 107 Å². The summed E-state index contributed by atoms with van der Waals surface area (Å²) in [5.74, 6) is -0.813. The molecule has 3 aromatic carbocycles. The van der Waals surface area contributed by atoms with Crippen LogP contribution in [0.5, 0.6) is 5.75 Å². The van der Waals surface area contributed by atoms with E-state index in [0.29, 0.717) is 42.1 Å². The van der Waals surface area contributed by atoms with Crippen LogP contribution in [-0.2, 0) is 6.54 Å². The van der Waals surface area contributed by atoms with Crippen LogP contribution in [0.3, 0.4) is 0 Å². The molecule has 0 bridgehead atoms. The van der Waals surface area contributed by atoms with Gasteiger partial charge in [0.2, 0.25) is 0 Å². The molecule has 40 heavy (non-hydrogen) atoms. The predicted octanol–water partition coefficient (Wildman–Crippen LogP) is 6.39. The van der Waals surface area contributed by atoms with Crippen molar-refractivity contribution in [3.63, 3.8) is 0 Å². The number of hydrogen-bond acceptors (Lipinski definition) is 4. The number of alkyl halides is 3. The minimum Gasteiger partial charge on any atom is -0.490 e. The van der Waals surface area contributed by atoms with Crippen LogP contribution in [0.15, 0.2) is 90.0 Å². The molecule has 0 aromatic heterocycles. The molecule has 2 aliphatic rings. The summed E-state index contributed by atoms with van der Waals surface area (Å²) in [5.41, 5.74) is 3.78. The molecule has 206 valence electrons. The monoisotopic (exact) mass is 548 g/mol. The van der Waals surface area contributed by atoms with Crippen molar-refractivity contribution < 1.29 is 32.6 Å². The molecular formula is C31H27F3N2O4. The minimum absolute atomic E-state index is 0.00934. The van der Waals surface area contributed by atoms with Gasteiger partial charge in [-0.05, 0) is 65.4 Å². The van der Waals surface area contributed by atoms with Crippen molar-refractivity contribution in [3.8, 4) is 16.9 Å². The van der Waals surface area contributed by atoms with Gasteiger partial charge in [0.15, 0.2) is 0 Å². The summed E-state index contributed by atoms with van der Waals surface area (Å²) < 4.78 is 44.9. The van der Waals surface area contributed by atoms with Gasteiger partial charge in [-0.3, -0.25) is 4.79 Å². The Labute approximate surface area is 229 Å². The van der Waals surface area contributed by atoms with Crippen LogP contribution >= 0.6 is 0 Å². The van der Waals surface area contributed by atoms with Crippen LogP contribution in [0.2, 0.25) is 0 Å². The quantitative estimate of drug-likeness (QED) is 0.358. The van der Waals surface area contributed by atoms with Crippen molar-refractivity contribution in [1.82, 2.24) is 5.32 Å². The number of ether oxygens (including phenoxy) is 1. The van der Waals surface area contributed by atoms with E-state index in [9.17, 15) is 27.9 Å². The van der Waals surface area contributed by atoms with Crippen LogP contribution in [0.1, 0.15) is 39.1 Å². The summed E-state index contributed by atoms with van der Waals surface area (Å²) in [5, 5.41) is 12.2. The highest BCUT2D eigenvalue weighted by Crippen LogP contribution is 2.35. The molecule has 0 spiro atoms. The third-order valence-corrected chi connectivity index (χ3v) is 6.97. The van der Waals surface area contributed by atoms with Gasteiger partial charge < -0.3 is 20.1 Å². The van der Waals surface area contributed by atoms with Gasteiger partial charge in [0, 0.05) is 24.2 Å². The Morgan fingerprint density at radius 1 is 1.02 bits per heavy atom. The highest BCUT2D eigenvalue weighted by molar-refractivity contribution is 5.96. The first-order valence-electron chi connectivity index (χ1n) is 12.9. The molecule has 0 unspecified atom stereocenters. The first kappa shape index (κ1) is 27.1. The molecule has 0 saturated carbocycles. The lowest BCUT2D eigenvalue weighted by Gasteiger charge is -2.31. The highest BCUT2D eigenvalue weighted by atomic mass is 19.4. The normalized spacial score (nSPS) is 14.9. The Kier molecular flexibility index (Phi) is 7.64. The van der Waals surface area contributed by atoms with Crippen molar-refractivity contribution in [1.29, 1.82) is 0 Å². The molecule has 1 aliphatic carbocycles. The summed E-state index contributed by atoms with van der Waals surface area (Å²) in [6.07, 6.45) is -1.31. The van der Waals surface area contributed by atoms with Gasteiger partial charge in [0.05, 0.1) is 17.8 Å². The second-order valence-electron chi connectivity index (χ2n) is 9.67. The summed E-state index contributed by atoms with van der Waals surface area (Å²) in [6, 6.07) is 19.7. The third-order valence-electron chi connectivity index (χ3n) is 6.97. The molecule has 3 aromatic rings. The number of benzene rings is 3. The number of aromatic carboxylic acids is 1. The van der Waals surface area contributed by atoms with Gasteiger partial charge in [0.25, 0.3) is 5.91 Å². The summed E-state index contributed by atoms with van der Waals surface area (Å²) >= 11 is 0. The summed E-state index contributed by atoms with van der Waals surface area (Å²) in [6.45, 7) is 1.67. The van der Waals surface area contributed by atoms with Gasteiger partial charge in [0.1, 0.15) is 12.4 Å². The molecule has 1 heterocycles. The number of nitrogens with zero attached hydrogens (tertiary/aromatic N) is 1. The van der Waals surface area contributed by atoms with E-state index in [1.807, 2.05) is 36.4 Å². The van der Waals surface area contributed by atoms with E-state index in [0.717, 1.165) is 22.9 Å². The first-order valence-corrected chi connectivity index (χ1v) is 12.9. The first-order chi connectivity index (χ1) is 19.2. The fraction of sp³-hybridized carbons (Fsp3) is 0.226. The number of allylic oxidation sites excluding steroid dienone is 2. The van der Waals surface area contributed by atoms with Gasteiger partial charge in [-0.15, -0.1) is 0 Å². The number of carboxylic acid groups (broad SMARTS) is 1. The van der Waals surface area contributed by atoms with Crippen LogP contribution in [0.25, 0.3) is 11.1 Å². The van der Waals surface area contributed by atoms with Crippen LogP contribution < -0.4 is 15.0 Å². The Hall–Kier alpha value is -4.53. The number of halogens is 3. The number of hydrogen-bond donors (Lipinski definition) is 2. The standard InChI is InChI=1S/C31H27F3N2O4/c32-31(33,34)24-5-3-4-21(16-24)18-35-29(37)23-12-13-27-28(17-23)40-15-14-36(27)19-20-8-10-22(11-9-20)25-6-1-2-7-26(25)30(38)39/h1-2,4,6-13,16-17H,3,5,14-15,18-19H2,(H,35,37)(H,38,39). The molecule has 6 nitrogen and oxygen atoms in total. The summed E-state index contributed by atoms with van der Waals surface area (Å²) in [7, 11) is 0. The molecule has 1 amide bonds. The lowest BCUT2D eigenvalue weighted by atomic mass is 9.98. The van der Waals surface area contributed by atoms with Crippen LogP contribution in [0.4, 0.5) is 18.9 Å². The Bertz CT molecular complexity index is 1490. The van der Waals surface area contributed by atoms with Gasteiger partial charge >= 0.3 is 12.1 Å². The van der Waals surface area contributed by atoms with Crippen molar-refractivity contribution in [2.45, 2.75) is 25.6 Å². The Morgan fingerprint density at radius 3 is 2.55 bits per heavy atom. The number of nitrogens with one attached hydrogen (secondary N) is 1. The lowest BCUT2D eigenvalue weighted by molar-refractivity contribution is -0.0941. The fourth-order valence-electron chi connectivity index (χ4n) is 4.91. The Balaban J connectivity index is 1.25. The molecule has 1 aliphatic heterocycles. The second kappa shape index (κ2) is 11.3. The number of rotatable bonds is 7. The number of anilines is 1. The lowest BCUT2D eigenvalue weighted by Crippen LogP contribution is -2.32. The molecule has 2 N–H and O–H groups in total. The molecule has 5 rings (SSSR count). The van der Waals surface area contributed by atoms with Crippen LogP contribution in [0, 0.1) is 0 Å². The fourth-order valence-corrected chi connectivity index (χ4v) is 4.91. The van der Waals surface area contributed by atoms with E-state index in [-0.39, 0.29) is 24.9 Å². The number of amides is 1. The zero-order valence-electron chi connectivity index (χ0n) is 21.5. The van der Waals surface area contributed by atoms with E-state index >= 15 is 0 Å². The molecule has 0 saturated heterocycles. The van der Waals surface area contributed by atoms with Gasteiger partial charge in [-0.1, -0.05) is 48.5 Å². The van der Waals surface area contributed by atoms with Gasteiger partial charge in [-0.2, -0.15) is 13.2 Å². The third kappa shape index (κ3) is 6.03. The average Bonchev–Trinajstić information content (AvgIpc) is 2.96. The zero-order chi connectivity index (χ0) is 28.3. The van der Waals surface area contributed by atoms with E-state index in [1.54, 1.807) is 36.4 Å². The molecular weight excluding hydrogens is 521 g/mol. The molecule has 9 heteroatoms. The number of carboxylic acids is 1. The largest absolute Gasteiger partial charge is 0.490 e.